The third-order valence-electron chi connectivity index (χ3n) is 8.18. The second-order valence-electron chi connectivity index (χ2n) is 10.8. The minimum Gasteiger partial charge on any atom is -0.493 e. The molecule has 1 aliphatic heterocycles. The van der Waals surface area contributed by atoms with Gasteiger partial charge in [-0.3, -0.25) is 4.79 Å². The maximum atomic E-state index is 14.2. The second-order valence-corrected chi connectivity index (χ2v) is 10.8. The van der Waals surface area contributed by atoms with Gasteiger partial charge in [0, 0.05) is 50.8 Å². The maximum absolute atomic E-state index is 14.2. The molecule has 2 aliphatic rings. The Labute approximate surface area is 240 Å². The number of carbonyl (C=O) groups excluding carboxylic acids is 1. The fourth-order valence-corrected chi connectivity index (χ4v) is 6.14. The van der Waals surface area contributed by atoms with Crippen molar-refractivity contribution in [3.05, 3.63) is 66.4 Å². The average Bonchev–Trinajstić information content (AvgIpc) is 3.43. The number of nitrogens with zero attached hydrogens (tertiary/aromatic N) is 3. The molecule has 0 spiro atoms. The summed E-state index contributed by atoms with van der Waals surface area (Å²) in [6.45, 7) is 2.36. The molecule has 2 heterocycles. The molecule has 1 aliphatic carbocycles. The van der Waals surface area contributed by atoms with Gasteiger partial charge in [0.1, 0.15) is 11.4 Å². The molecule has 0 bridgehead atoms. The number of amides is 1. The Morgan fingerprint density at radius 3 is 2.78 bits per heavy atom. The van der Waals surface area contributed by atoms with Gasteiger partial charge in [0.2, 0.25) is 0 Å². The molecule has 10 heteroatoms. The summed E-state index contributed by atoms with van der Waals surface area (Å²) < 4.78 is 32.2. The van der Waals surface area contributed by atoms with E-state index in [-0.39, 0.29) is 24.6 Å². The average molecular weight is 567 g/mol. The summed E-state index contributed by atoms with van der Waals surface area (Å²) in [5, 5.41) is 15.0. The number of halogens is 1. The first-order valence-electron chi connectivity index (χ1n) is 14.3. The van der Waals surface area contributed by atoms with Crippen LogP contribution in [-0.2, 0) is 4.74 Å². The molecular formula is C31H39FN4O5. The largest absolute Gasteiger partial charge is 0.493 e. The molecule has 0 unspecified atom stereocenters. The minimum atomic E-state index is -1.05. The van der Waals surface area contributed by atoms with Crippen molar-refractivity contribution in [2.75, 3.05) is 47.1 Å². The van der Waals surface area contributed by atoms with Crippen LogP contribution >= 0.6 is 0 Å². The van der Waals surface area contributed by atoms with Crippen LogP contribution in [0.25, 0.3) is 11.3 Å². The van der Waals surface area contributed by atoms with Gasteiger partial charge in [0.05, 0.1) is 38.4 Å². The van der Waals surface area contributed by atoms with Crippen molar-refractivity contribution in [2.24, 2.45) is 0 Å². The number of benzene rings is 2. The third-order valence-corrected chi connectivity index (χ3v) is 8.18. The smallest absolute Gasteiger partial charge is 0.275 e. The van der Waals surface area contributed by atoms with E-state index in [2.05, 4.69) is 10.3 Å². The van der Waals surface area contributed by atoms with Crippen LogP contribution in [0.3, 0.4) is 0 Å². The molecular weight excluding hydrogens is 527 g/mol. The van der Waals surface area contributed by atoms with Gasteiger partial charge in [-0.25, -0.2) is 9.37 Å². The Morgan fingerprint density at radius 2 is 2.00 bits per heavy atom. The molecule has 1 amide bonds. The lowest BCUT2D eigenvalue weighted by Crippen LogP contribution is -2.54. The van der Waals surface area contributed by atoms with Gasteiger partial charge < -0.3 is 34.1 Å². The third kappa shape index (κ3) is 6.24. The van der Waals surface area contributed by atoms with Gasteiger partial charge >= 0.3 is 0 Å². The Balaban J connectivity index is 1.41. The van der Waals surface area contributed by atoms with Gasteiger partial charge in [0.15, 0.2) is 17.2 Å². The number of ether oxygens (including phenoxy) is 3. The van der Waals surface area contributed by atoms with Crippen LogP contribution in [0.2, 0.25) is 0 Å². The fourth-order valence-electron chi connectivity index (χ4n) is 6.14. The van der Waals surface area contributed by atoms with Crippen LogP contribution in [0.4, 0.5) is 4.39 Å². The summed E-state index contributed by atoms with van der Waals surface area (Å²) in [6.07, 6.45) is 5.56. The quantitative estimate of drug-likeness (QED) is 0.382. The van der Waals surface area contributed by atoms with Crippen molar-refractivity contribution < 1.29 is 28.5 Å². The van der Waals surface area contributed by atoms with Crippen molar-refractivity contribution in [3.63, 3.8) is 0 Å². The van der Waals surface area contributed by atoms with Crippen LogP contribution in [-0.4, -0.2) is 84.2 Å². The van der Waals surface area contributed by atoms with E-state index in [0.717, 1.165) is 24.8 Å². The van der Waals surface area contributed by atoms with Crippen molar-refractivity contribution in [2.45, 2.75) is 49.8 Å². The van der Waals surface area contributed by atoms with E-state index in [1.54, 1.807) is 19.5 Å². The SMILES string of the molecule is COC[C@]1(O)CCCC[C@H]1n1cnc(C(=O)N2CCNC[C@H]2CCOc2ccc(F)cc2OC)c1-c1ccccc1. The maximum Gasteiger partial charge on any atom is 0.275 e. The summed E-state index contributed by atoms with van der Waals surface area (Å²) in [4.78, 5) is 20.7. The number of rotatable bonds is 10. The van der Waals surface area contributed by atoms with Crippen LogP contribution in [0, 0.1) is 5.82 Å². The highest BCUT2D eigenvalue weighted by atomic mass is 19.1. The second kappa shape index (κ2) is 13.0. The zero-order valence-corrected chi connectivity index (χ0v) is 23.7. The van der Waals surface area contributed by atoms with E-state index in [0.29, 0.717) is 62.0 Å². The van der Waals surface area contributed by atoms with Crippen molar-refractivity contribution in [3.8, 4) is 22.8 Å². The lowest BCUT2D eigenvalue weighted by molar-refractivity contribution is -0.0893. The molecule has 3 aromatic rings. The molecule has 220 valence electrons. The first-order valence-corrected chi connectivity index (χ1v) is 14.3. The predicted octanol–water partition coefficient (Wildman–Crippen LogP) is 4.07. The monoisotopic (exact) mass is 566 g/mol. The lowest BCUT2D eigenvalue weighted by atomic mass is 9.80. The number of nitrogens with one attached hydrogen (secondary N) is 1. The summed E-state index contributed by atoms with van der Waals surface area (Å²) in [5.41, 5.74) is 0.904. The molecule has 2 N–H and O–H groups in total. The molecule has 9 nitrogen and oxygen atoms in total. The summed E-state index contributed by atoms with van der Waals surface area (Å²) in [6, 6.07) is 13.5. The van der Waals surface area contributed by atoms with E-state index in [1.807, 2.05) is 39.8 Å². The number of aliphatic hydroxyl groups is 1. The predicted molar refractivity (Wildman–Crippen MR) is 153 cm³/mol. The molecule has 2 aromatic carbocycles. The van der Waals surface area contributed by atoms with E-state index >= 15 is 0 Å². The molecule has 2 fully saturated rings. The number of aromatic nitrogens is 2. The van der Waals surface area contributed by atoms with Gasteiger partial charge in [-0.1, -0.05) is 43.2 Å². The molecule has 1 saturated heterocycles. The molecule has 5 rings (SSSR count). The van der Waals surface area contributed by atoms with E-state index in [9.17, 15) is 14.3 Å². The first kappa shape index (κ1) is 29.0. The summed E-state index contributed by atoms with van der Waals surface area (Å²) in [7, 11) is 3.07. The topological polar surface area (TPSA) is 98.1 Å². The normalized spacial score (nSPS) is 22.9. The summed E-state index contributed by atoms with van der Waals surface area (Å²) in [5.74, 6) is 0.232. The Hall–Kier alpha value is -3.47. The minimum absolute atomic E-state index is 0.128. The molecule has 3 atom stereocenters. The van der Waals surface area contributed by atoms with Crippen molar-refractivity contribution >= 4 is 5.91 Å². The van der Waals surface area contributed by atoms with Gasteiger partial charge in [-0.15, -0.1) is 0 Å². The highest BCUT2D eigenvalue weighted by Gasteiger charge is 2.42. The molecule has 41 heavy (non-hydrogen) atoms. The Morgan fingerprint density at radius 1 is 1.17 bits per heavy atom. The first-order chi connectivity index (χ1) is 19.9. The van der Waals surface area contributed by atoms with Gasteiger partial charge in [-0.05, 0) is 25.0 Å². The van der Waals surface area contributed by atoms with Crippen LogP contribution in [0.15, 0.2) is 54.9 Å². The van der Waals surface area contributed by atoms with Crippen LogP contribution < -0.4 is 14.8 Å². The standard InChI is InChI=1S/C31H39FN4O5/c1-39-20-31(38)14-7-6-10-27(31)36-21-34-28(29(36)22-8-4-3-5-9-22)30(37)35-16-15-33-19-24(35)13-17-41-25-12-11-23(32)18-26(25)40-2/h3-5,8-9,11-12,18,21,24,27,33,38H,6-7,10,13-17,19-20H2,1-2H3/t24-,27-,31-/m1/s1. The molecule has 1 aromatic heterocycles. The van der Waals surface area contributed by atoms with Gasteiger partial charge in [0.25, 0.3) is 5.91 Å². The number of imidazole rings is 1. The van der Waals surface area contributed by atoms with Gasteiger partial charge in [-0.2, -0.15) is 0 Å². The number of methoxy groups -OCH3 is 2. The lowest BCUT2D eigenvalue weighted by Gasteiger charge is -2.41. The number of hydrogen-bond donors (Lipinski definition) is 2. The highest BCUT2D eigenvalue weighted by Crippen LogP contribution is 2.41. The zero-order chi connectivity index (χ0) is 28.8. The van der Waals surface area contributed by atoms with E-state index in [4.69, 9.17) is 14.2 Å². The molecule has 0 radical (unpaired) electrons. The number of carbonyl (C=O) groups is 1. The highest BCUT2D eigenvalue weighted by molar-refractivity contribution is 5.98. The Kier molecular flexibility index (Phi) is 9.22. The van der Waals surface area contributed by atoms with Crippen molar-refractivity contribution in [1.29, 1.82) is 0 Å². The van der Waals surface area contributed by atoms with Crippen LogP contribution in [0.5, 0.6) is 11.5 Å². The van der Waals surface area contributed by atoms with E-state index < -0.39 is 11.4 Å². The molecule has 1 saturated carbocycles. The van der Waals surface area contributed by atoms with Crippen LogP contribution in [0.1, 0.15) is 48.6 Å². The fraction of sp³-hybridized carbons (Fsp3) is 0.484. The summed E-state index contributed by atoms with van der Waals surface area (Å²) >= 11 is 0. The number of hydrogen-bond acceptors (Lipinski definition) is 7. The van der Waals surface area contributed by atoms with E-state index in [1.165, 1.54) is 19.2 Å². The Bertz CT molecular complexity index is 1320. The number of piperazine rings is 1. The van der Waals surface area contributed by atoms with Crippen molar-refractivity contribution in [1.82, 2.24) is 19.8 Å². The zero-order valence-electron chi connectivity index (χ0n) is 23.7.